The van der Waals surface area contributed by atoms with E-state index >= 15 is 0 Å². The van der Waals surface area contributed by atoms with Crippen molar-refractivity contribution in [3.8, 4) is 6.07 Å². The maximum absolute atomic E-state index is 14.3. The number of hydrogen-bond donors (Lipinski definition) is 1. The SMILES string of the molecule is C[C@@H]1C(=O)C(C#N)=C[C@]2(C)C3=CC(=O)C4C5CC(C)(C)CC[C@]5(NS(C)(=O)=O)CC[C@@]4(C)[C@]3(C)CC[C@@H]12. The van der Waals surface area contributed by atoms with Crippen LogP contribution in [0.1, 0.15) is 86.5 Å². The standard InChI is InChI=1S/C30H42N2O4S/c1-18-20-8-9-28(5)23(27(20,4)15-19(17-31)25(18)34)14-22(33)24-21-16-26(2,3)10-12-30(21,32-37(7,35)36)13-11-29(24,28)6/h14-15,18,20-21,24,32H,8-13,16H2,1-7H3/t18-,20-,21?,24?,27-,28+,29+,30-/m0/s1. The van der Waals surface area contributed by atoms with Crippen LogP contribution >= 0.6 is 0 Å². The van der Waals surface area contributed by atoms with Gasteiger partial charge in [0.05, 0.1) is 11.8 Å². The van der Waals surface area contributed by atoms with E-state index in [1.807, 2.05) is 19.1 Å². The van der Waals surface area contributed by atoms with Gasteiger partial charge < -0.3 is 0 Å². The molecule has 2 unspecified atom stereocenters. The summed E-state index contributed by atoms with van der Waals surface area (Å²) in [7, 11) is -3.45. The number of hydrogen-bond acceptors (Lipinski definition) is 5. The number of nitrogens with one attached hydrogen (secondary N) is 1. The van der Waals surface area contributed by atoms with E-state index in [0.717, 1.165) is 50.5 Å². The van der Waals surface area contributed by atoms with Crippen LogP contribution in [0.3, 0.4) is 0 Å². The second kappa shape index (κ2) is 7.88. The summed E-state index contributed by atoms with van der Waals surface area (Å²) in [5.41, 5.74) is -0.424. The maximum Gasteiger partial charge on any atom is 0.209 e. The molecule has 5 rings (SSSR count). The molecule has 202 valence electrons. The largest absolute Gasteiger partial charge is 0.295 e. The fourth-order valence-corrected chi connectivity index (χ4v) is 10.9. The van der Waals surface area contributed by atoms with Crippen LogP contribution in [0.4, 0.5) is 0 Å². The first-order valence-electron chi connectivity index (χ1n) is 13.9. The predicted molar refractivity (Wildman–Crippen MR) is 143 cm³/mol. The van der Waals surface area contributed by atoms with E-state index in [4.69, 9.17) is 0 Å². The second-order valence-electron chi connectivity index (χ2n) is 14.4. The van der Waals surface area contributed by atoms with Crippen LogP contribution in [0.15, 0.2) is 23.3 Å². The molecule has 0 aromatic carbocycles. The number of carbonyl (C=O) groups excluding carboxylic acids is 2. The van der Waals surface area contributed by atoms with E-state index < -0.39 is 21.0 Å². The summed E-state index contributed by atoms with van der Waals surface area (Å²) in [6, 6.07) is 2.13. The van der Waals surface area contributed by atoms with Gasteiger partial charge in [-0.2, -0.15) is 5.26 Å². The number of nitriles is 1. The average Bonchev–Trinajstić information content (AvgIpc) is 2.78. The van der Waals surface area contributed by atoms with Crippen molar-refractivity contribution in [1.82, 2.24) is 4.72 Å². The molecule has 0 aromatic heterocycles. The number of nitrogens with zero attached hydrogens (tertiary/aromatic N) is 1. The normalized spacial score (nSPS) is 46.9. The summed E-state index contributed by atoms with van der Waals surface area (Å²) >= 11 is 0. The summed E-state index contributed by atoms with van der Waals surface area (Å²) < 4.78 is 28.2. The Balaban J connectivity index is 1.68. The average molecular weight is 527 g/mol. The molecule has 0 spiro atoms. The van der Waals surface area contributed by atoms with Crippen LogP contribution in [0.25, 0.3) is 0 Å². The monoisotopic (exact) mass is 526 g/mol. The van der Waals surface area contributed by atoms with Crippen LogP contribution in [0.5, 0.6) is 0 Å². The van der Waals surface area contributed by atoms with E-state index in [1.54, 1.807) is 0 Å². The molecule has 8 atom stereocenters. The van der Waals surface area contributed by atoms with Crippen molar-refractivity contribution in [2.24, 2.45) is 45.3 Å². The molecule has 6 nitrogen and oxygen atoms in total. The zero-order chi connectivity index (χ0) is 27.4. The smallest absolute Gasteiger partial charge is 0.209 e. The number of fused-ring (bicyclic) bond motifs is 7. The molecule has 1 N–H and O–H groups in total. The van der Waals surface area contributed by atoms with Gasteiger partial charge in [0, 0.05) is 22.8 Å². The van der Waals surface area contributed by atoms with Crippen molar-refractivity contribution in [3.05, 3.63) is 23.3 Å². The first kappa shape index (κ1) is 26.8. The van der Waals surface area contributed by atoms with E-state index in [1.165, 1.54) is 6.26 Å². The van der Waals surface area contributed by atoms with Gasteiger partial charge in [0.15, 0.2) is 11.6 Å². The third-order valence-electron chi connectivity index (χ3n) is 11.9. The molecule has 0 aromatic rings. The molecule has 37 heavy (non-hydrogen) atoms. The lowest BCUT2D eigenvalue weighted by Crippen LogP contribution is -2.69. The molecule has 5 aliphatic rings. The van der Waals surface area contributed by atoms with Gasteiger partial charge in [0.25, 0.3) is 0 Å². The van der Waals surface area contributed by atoms with Crippen molar-refractivity contribution < 1.29 is 18.0 Å². The minimum atomic E-state index is -3.45. The van der Waals surface area contributed by atoms with Crippen molar-refractivity contribution in [2.45, 2.75) is 92.0 Å². The predicted octanol–water partition coefficient (Wildman–Crippen LogP) is 5.12. The molecular formula is C30H42N2O4S. The molecule has 5 aliphatic carbocycles. The topological polar surface area (TPSA) is 104 Å². The van der Waals surface area contributed by atoms with Gasteiger partial charge >= 0.3 is 0 Å². The fraction of sp³-hybridized carbons (Fsp3) is 0.767. The Labute approximate surface area is 222 Å². The van der Waals surface area contributed by atoms with Gasteiger partial charge in [-0.05, 0) is 79.1 Å². The number of Topliss-reactive ketones (excluding diaryl/α,β-unsaturated/α-hetero) is 1. The lowest BCUT2D eigenvalue weighted by molar-refractivity contribution is -0.157. The van der Waals surface area contributed by atoms with E-state index in [2.05, 4.69) is 45.4 Å². The molecule has 3 saturated carbocycles. The number of allylic oxidation sites excluding steroid dienone is 4. The molecule has 0 radical (unpaired) electrons. The Hall–Kier alpha value is -1.78. The van der Waals surface area contributed by atoms with Crippen molar-refractivity contribution in [3.63, 3.8) is 0 Å². The number of carbonyl (C=O) groups is 2. The third-order valence-corrected chi connectivity index (χ3v) is 12.7. The molecule has 0 bridgehead atoms. The maximum atomic E-state index is 14.3. The van der Waals surface area contributed by atoms with Crippen LogP contribution in [0.2, 0.25) is 0 Å². The molecule has 7 heteroatoms. The Bertz CT molecular complexity index is 1290. The van der Waals surface area contributed by atoms with E-state index in [-0.39, 0.29) is 57.1 Å². The van der Waals surface area contributed by atoms with Gasteiger partial charge in [-0.15, -0.1) is 0 Å². The Morgan fingerprint density at radius 3 is 2.27 bits per heavy atom. The quantitative estimate of drug-likeness (QED) is 0.538. The molecule has 3 fully saturated rings. The van der Waals surface area contributed by atoms with Crippen molar-refractivity contribution >= 4 is 21.6 Å². The first-order chi connectivity index (χ1) is 16.9. The molecule has 0 heterocycles. The van der Waals surface area contributed by atoms with E-state index in [9.17, 15) is 23.3 Å². The minimum Gasteiger partial charge on any atom is -0.295 e. The lowest BCUT2D eigenvalue weighted by atomic mass is 9.36. The molecule has 0 amide bonds. The van der Waals surface area contributed by atoms with E-state index in [0.29, 0.717) is 0 Å². The highest BCUT2D eigenvalue weighted by Gasteiger charge is 2.69. The van der Waals surface area contributed by atoms with Crippen LogP contribution in [-0.4, -0.2) is 31.8 Å². The van der Waals surface area contributed by atoms with Gasteiger partial charge in [-0.25, -0.2) is 13.1 Å². The van der Waals surface area contributed by atoms with Crippen molar-refractivity contribution in [1.29, 1.82) is 5.26 Å². The van der Waals surface area contributed by atoms with Gasteiger partial charge in [-0.3, -0.25) is 9.59 Å². The highest BCUT2D eigenvalue weighted by Crippen LogP contribution is 2.72. The minimum absolute atomic E-state index is 0.0318. The Morgan fingerprint density at radius 2 is 1.65 bits per heavy atom. The Kier molecular flexibility index (Phi) is 5.71. The number of ketones is 2. The molecule has 0 aliphatic heterocycles. The summed E-state index contributed by atoms with van der Waals surface area (Å²) in [6.07, 6.45) is 10.7. The summed E-state index contributed by atoms with van der Waals surface area (Å²) in [5, 5.41) is 9.75. The van der Waals surface area contributed by atoms with Crippen LogP contribution in [-0.2, 0) is 19.6 Å². The van der Waals surface area contributed by atoms with Gasteiger partial charge in [0.2, 0.25) is 10.0 Å². The lowest BCUT2D eigenvalue weighted by Gasteiger charge is -2.68. The van der Waals surface area contributed by atoms with Crippen LogP contribution in [0, 0.1) is 56.7 Å². The highest BCUT2D eigenvalue weighted by atomic mass is 32.2. The first-order valence-corrected chi connectivity index (χ1v) is 15.7. The highest BCUT2D eigenvalue weighted by molar-refractivity contribution is 7.88. The van der Waals surface area contributed by atoms with Crippen molar-refractivity contribution in [2.75, 3.05) is 6.26 Å². The number of sulfonamides is 1. The molecular weight excluding hydrogens is 484 g/mol. The third kappa shape index (κ3) is 3.61. The van der Waals surface area contributed by atoms with Gasteiger partial charge in [0.1, 0.15) is 6.07 Å². The molecule has 0 saturated heterocycles. The summed E-state index contributed by atoms with van der Waals surface area (Å²) in [5.74, 6) is -0.532. The zero-order valence-electron chi connectivity index (χ0n) is 23.4. The van der Waals surface area contributed by atoms with Gasteiger partial charge in [-0.1, -0.05) is 53.2 Å². The zero-order valence-corrected chi connectivity index (χ0v) is 24.2. The number of rotatable bonds is 2. The van der Waals surface area contributed by atoms with Crippen LogP contribution < -0.4 is 4.72 Å². The summed E-state index contributed by atoms with van der Waals surface area (Å²) in [6.45, 7) is 13.1. The Morgan fingerprint density at radius 1 is 1.00 bits per heavy atom. The fourth-order valence-electron chi connectivity index (χ4n) is 9.80. The second-order valence-corrected chi connectivity index (χ2v) is 16.2. The summed E-state index contributed by atoms with van der Waals surface area (Å²) in [4.78, 5) is 27.2.